The van der Waals surface area contributed by atoms with Crippen molar-refractivity contribution < 1.29 is 4.74 Å². The van der Waals surface area contributed by atoms with E-state index in [-0.39, 0.29) is 0 Å². The summed E-state index contributed by atoms with van der Waals surface area (Å²) < 4.78 is 7.51. The van der Waals surface area contributed by atoms with Crippen LogP contribution in [-0.4, -0.2) is 16.4 Å². The van der Waals surface area contributed by atoms with Crippen molar-refractivity contribution >= 4 is 11.6 Å². The van der Waals surface area contributed by atoms with Gasteiger partial charge in [0.25, 0.3) is 0 Å². The Morgan fingerprint density at radius 2 is 2.17 bits per heavy atom. The van der Waals surface area contributed by atoms with Gasteiger partial charge in [0.2, 0.25) is 0 Å². The van der Waals surface area contributed by atoms with E-state index >= 15 is 0 Å². The van der Waals surface area contributed by atoms with Crippen LogP contribution in [0.15, 0.2) is 36.7 Å². The zero-order chi connectivity index (χ0) is 12.8. The van der Waals surface area contributed by atoms with Crippen LogP contribution in [0, 0.1) is 0 Å². The summed E-state index contributed by atoms with van der Waals surface area (Å²) in [7, 11) is 0. The fourth-order valence-corrected chi connectivity index (χ4v) is 1.84. The highest BCUT2D eigenvalue weighted by atomic mass is 35.5. The van der Waals surface area contributed by atoms with Crippen molar-refractivity contribution in [2.45, 2.75) is 19.5 Å². The van der Waals surface area contributed by atoms with Crippen molar-refractivity contribution in [3.05, 3.63) is 47.2 Å². The minimum absolute atomic E-state index is 0.491. The standard InChI is InChI=1S/C13H16ClN3O/c14-12-9-16-17(10-12)6-3-7-18-13-5-2-1-4-11(13)8-15/h1-2,4-5,9-10H,3,6-8,15H2. The van der Waals surface area contributed by atoms with Crippen molar-refractivity contribution in [2.75, 3.05) is 6.61 Å². The zero-order valence-corrected chi connectivity index (χ0v) is 10.8. The molecule has 4 nitrogen and oxygen atoms in total. The summed E-state index contributed by atoms with van der Waals surface area (Å²) in [6, 6.07) is 7.82. The number of aromatic nitrogens is 2. The van der Waals surface area contributed by atoms with Crippen LogP contribution in [0.25, 0.3) is 0 Å². The van der Waals surface area contributed by atoms with E-state index in [4.69, 9.17) is 22.1 Å². The molecule has 0 spiro atoms. The van der Waals surface area contributed by atoms with Crippen molar-refractivity contribution in [3.8, 4) is 5.75 Å². The Morgan fingerprint density at radius 3 is 2.89 bits per heavy atom. The molecule has 1 heterocycles. The minimum atomic E-state index is 0.491. The monoisotopic (exact) mass is 265 g/mol. The first kappa shape index (κ1) is 12.9. The second-order valence-electron chi connectivity index (χ2n) is 3.94. The molecule has 1 aromatic heterocycles. The molecule has 1 aromatic carbocycles. The van der Waals surface area contributed by atoms with Crippen molar-refractivity contribution in [1.29, 1.82) is 0 Å². The Labute approximate surface area is 111 Å². The summed E-state index contributed by atoms with van der Waals surface area (Å²) in [6.45, 7) is 1.91. The first-order valence-electron chi connectivity index (χ1n) is 5.88. The molecule has 0 fully saturated rings. The Hall–Kier alpha value is -1.52. The molecule has 0 aliphatic carbocycles. The molecule has 5 heteroatoms. The van der Waals surface area contributed by atoms with E-state index in [1.165, 1.54) is 0 Å². The Morgan fingerprint density at radius 1 is 1.33 bits per heavy atom. The summed E-state index contributed by atoms with van der Waals surface area (Å²) in [6.07, 6.45) is 4.30. The van der Waals surface area contributed by atoms with Crippen molar-refractivity contribution in [1.82, 2.24) is 9.78 Å². The van der Waals surface area contributed by atoms with Crippen molar-refractivity contribution in [2.24, 2.45) is 5.73 Å². The molecular weight excluding hydrogens is 250 g/mol. The largest absolute Gasteiger partial charge is 0.493 e. The van der Waals surface area contributed by atoms with Gasteiger partial charge < -0.3 is 10.5 Å². The summed E-state index contributed by atoms with van der Waals surface area (Å²) in [5.41, 5.74) is 6.67. The molecule has 0 saturated heterocycles. The van der Waals surface area contributed by atoms with Crippen LogP contribution in [0.1, 0.15) is 12.0 Å². The molecule has 0 unspecified atom stereocenters. The average molecular weight is 266 g/mol. The van der Waals surface area contributed by atoms with Crippen LogP contribution in [0.2, 0.25) is 5.02 Å². The van der Waals surface area contributed by atoms with E-state index in [0.29, 0.717) is 18.2 Å². The molecule has 2 rings (SSSR count). The molecule has 0 amide bonds. The molecule has 0 atom stereocenters. The van der Waals surface area contributed by atoms with E-state index in [2.05, 4.69) is 5.10 Å². The van der Waals surface area contributed by atoms with Gasteiger partial charge in [-0.05, 0) is 6.07 Å². The van der Waals surface area contributed by atoms with E-state index in [9.17, 15) is 0 Å². The maximum atomic E-state index is 5.78. The van der Waals surface area contributed by atoms with Crippen LogP contribution < -0.4 is 10.5 Å². The van der Waals surface area contributed by atoms with Crippen LogP contribution in [-0.2, 0) is 13.1 Å². The summed E-state index contributed by atoms with van der Waals surface area (Å²) >= 11 is 5.78. The molecule has 2 aromatic rings. The lowest BCUT2D eigenvalue weighted by atomic mass is 10.2. The summed E-state index contributed by atoms with van der Waals surface area (Å²) in [5.74, 6) is 0.860. The number of hydrogen-bond acceptors (Lipinski definition) is 3. The van der Waals surface area contributed by atoms with Gasteiger partial charge in [0, 0.05) is 31.3 Å². The summed E-state index contributed by atoms with van der Waals surface area (Å²) in [5, 5.41) is 4.76. The number of rotatable bonds is 6. The van der Waals surface area contributed by atoms with Gasteiger partial charge in [-0.15, -0.1) is 0 Å². The number of nitrogens with zero attached hydrogens (tertiary/aromatic N) is 2. The second kappa shape index (κ2) is 6.42. The maximum absolute atomic E-state index is 5.78. The third-order valence-electron chi connectivity index (χ3n) is 2.58. The number of ether oxygens (including phenoxy) is 1. The van der Waals surface area contributed by atoms with Crippen LogP contribution in [0.4, 0.5) is 0 Å². The molecule has 0 saturated carbocycles. The molecule has 0 aliphatic heterocycles. The Kier molecular flexibility index (Phi) is 4.61. The number of benzene rings is 1. The normalized spacial score (nSPS) is 10.6. The Balaban J connectivity index is 1.78. The van der Waals surface area contributed by atoms with Crippen molar-refractivity contribution in [3.63, 3.8) is 0 Å². The van der Waals surface area contributed by atoms with E-state index in [0.717, 1.165) is 24.3 Å². The average Bonchev–Trinajstić information content (AvgIpc) is 2.81. The van der Waals surface area contributed by atoms with Crippen LogP contribution >= 0.6 is 11.6 Å². The van der Waals surface area contributed by atoms with Gasteiger partial charge in [0.15, 0.2) is 0 Å². The van der Waals surface area contributed by atoms with Gasteiger partial charge in [-0.25, -0.2) is 0 Å². The molecular formula is C13H16ClN3O. The zero-order valence-electron chi connectivity index (χ0n) is 10.1. The number of aryl methyl sites for hydroxylation is 1. The maximum Gasteiger partial charge on any atom is 0.123 e. The van der Waals surface area contributed by atoms with Gasteiger partial charge in [-0.1, -0.05) is 29.8 Å². The molecule has 0 radical (unpaired) electrons. The highest BCUT2D eigenvalue weighted by Gasteiger charge is 2.01. The lowest BCUT2D eigenvalue weighted by Gasteiger charge is -2.09. The smallest absolute Gasteiger partial charge is 0.123 e. The lowest BCUT2D eigenvalue weighted by molar-refractivity contribution is 0.296. The first-order chi connectivity index (χ1) is 8.79. The molecule has 96 valence electrons. The van der Waals surface area contributed by atoms with Crippen LogP contribution in [0.5, 0.6) is 5.75 Å². The van der Waals surface area contributed by atoms with E-state index < -0.39 is 0 Å². The first-order valence-corrected chi connectivity index (χ1v) is 6.26. The number of nitrogens with two attached hydrogens (primary N) is 1. The molecule has 0 bridgehead atoms. The van der Waals surface area contributed by atoms with Gasteiger partial charge in [0.05, 0.1) is 17.8 Å². The molecule has 0 aliphatic rings. The number of para-hydroxylation sites is 1. The highest BCUT2D eigenvalue weighted by Crippen LogP contribution is 2.17. The highest BCUT2D eigenvalue weighted by molar-refractivity contribution is 6.30. The predicted molar refractivity (Wildman–Crippen MR) is 71.7 cm³/mol. The van der Waals surface area contributed by atoms with Gasteiger partial charge in [-0.2, -0.15) is 5.10 Å². The fraction of sp³-hybridized carbons (Fsp3) is 0.308. The second-order valence-corrected chi connectivity index (χ2v) is 4.37. The van der Waals surface area contributed by atoms with Gasteiger partial charge in [0.1, 0.15) is 5.75 Å². The third kappa shape index (κ3) is 3.48. The Bertz CT molecular complexity index is 498. The SMILES string of the molecule is NCc1ccccc1OCCCn1cc(Cl)cn1. The van der Waals surface area contributed by atoms with Gasteiger partial charge in [-0.3, -0.25) is 4.68 Å². The number of halogens is 1. The summed E-state index contributed by atoms with van der Waals surface area (Å²) in [4.78, 5) is 0. The van der Waals surface area contributed by atoms with E-state index in [1.54, 1.807) is 17.1 Å². The fourth-order valence-electron chi connectivity index (χ4n) is 1.68. The molecule has 18 heavy (non-hydrogen) atoms. The van der Waals surface area contributed by atoms with Gasteiger partial charge >= 0.3 is 0 Å². The third-order valence-corrected chi connectivity index (χ3v) is 2.78. The lowest BCUT2D eigenvalue weighted by Crippen LogP contribution is -2.07. The number of hydrogen-bond donors (Lipinski definition) is 1. The molecule has 2 N–H and O–H groups in total. The van der Waals surface area contributed by atoms with E-state index in [1.807, 2.05) is 24.3 Å². The minimum Gasteiger partial charge on any atom is -0.493 e. The topological polar surface area (TPSA) is 53.1 Å². The van der Waals surface area contributed by atoms with Crippen LogP contribution in [0.3, 0.4) is 0 Å². The predicted octanol–water partition coefficient (Wildman–Crippen LogP) is 2.46. The quantitative estimate of drug-likeness (QED) is 0.817.